The zero-order valence-electron chi connectivity index (χ0n) is 41.8. The molecule has 17 heteroatoms. The van der Waals surface area contributed by atoms with Gasteiger partial charge in [0.25, 0.3) is 0 Å². The lowest BCUT2D eigenvalue weighted by Gasteiger charge is -2.36. The van der Waals surface area contributed by atoms with Crippen molar-refractivity contribution in [2.75, 3.05) is 42.9 Å². The van der Waals surface area contributed by atoms with Crippen LogP contribution in [-0.2, 0) is 33.8 Å². The summed E-state index contributed by atoms with van der Waals surface area (Å²) in [5.41, 5.74) is 1.19. The third-order valence-electron chi connectivity index (χ3n) is 11.7. The first kappa shape index (κ1) is 51.2. The Morgan fingerprint density at radius 1 is 0.765 bits per heavy atom. The van der Waals surface area contributed by atoms with Gasteiger partial charge in [-0.05, 0) is 119 Å². The smallest absolute Gasteiger partial charge is 0.410 e. The number of aryl methyl sites for hydroxylation is 1. The van der Waals surface area contributed by atoms with Gasteiger partial charge in [0.2, 0.25) is 5.95 Å². The molecule has 0 radical (unpaired) electrons. The highest BCUT2D eigenvalue weighted by atomic mass is 16.6. The van der Waals surface area contributed by atoms with E-state index in [1.807, 2.05) is 122 Å². The molecular formula is C51H73N11O6. The van der Waals surface area contributed by atoms with E-state index in [4.69, 9.17) is 30.8 Å². The molecule has 3 amide bonds. The third-order valence-corrected chi connectivity index (χ3v) is 11.7. The van der Waals surface area contributed by atoms with E-state index in [1.54, 1.807) is 14.5 Å². The number of carbonyl (C=O) groups is 3. The summed E-state index contributed by atoms with van der Waals surface area (Å²) in [7, 11) is 0. The highest BCUT2D eigenvalue weighted by molar-refractivity contribution is 5.90. The zero-order valence-corrected chi connectivity index (χ0v) is 41.8. The number of ether oxygens (including phenoxy) is 3. The molecule has 0 spiro atoms. The molecule has 4 aromatic rings. The SMILES string of the molecule is [C-]#[N+]c1ccc(CN(Cc2cn(CCCN(CCCN(C(=O)OC(C)(C)C)C3CCCCC3)C(=O)OC(C)(C)C)nn2)c2nc(NC3CCN(C(=O)OC(C)(C)C)CC3)c3ccccc3n2)cc1. The molecule has 6 rings (SSSR count). The summed E-state index contributed by atoms with van der Waals surface area (Å²) in [6.45, 7) is 28.1. The molecule has 1 saturated heterocycles. The van der Waals surface area contributed by atoms with E-state index in [0.29, 0.717) is 88.3 Å². The number of nitrogens with zero attached hydrogens (tertiary/aromatic N) is 10. The largest absolute Gasteiger partial charge is 0.444 e. The molecule has 2 aliphatic rings. The second-order valence-electron chi connectivity index (χ2n) is 21.0. The van der Waals surface area contributed by atoms with Crippen LogP contribution >= 0.6 is 0 Å². The van der Waals surface area contributed by atoms with E-state index >= 15 is 0 Å². The number of anilines is 2. The van der Waals surface area contributed by atoms with Crippen LogP contribution in [0.4, 0.5) is 31.8 Å². The molecule has 2 aromatic heterocycles. The number of hydrogen-bond donors (Lipinski definition) is 1. The highest BCUT2D eigenvalue weighted by Crippen LogP contribution is 2.29. The van der Waals surface area contributed by atoms with Crippen molar-refractivity contribution >= 4 is 46.6 Å². The summed E-state index contributed by atoms with van der Waals surface area (Å²) in [6, 6.07) is 15.6. The second kappa shape index (κ2) is 22.7. The Hall–Kier alpha value is -6.18. The number of hydrogen-bond acceptors (Lipinski definition) is 12. The van der Waals surface area contributed by atoms with E-state index < -0.39 is 22.9 Å². The summed E-state index contributed by atoms with van der Waals surface area (Å²) in [5, 5.41) is 13.6. The lowest BCUT2D eigenvalue weighted by molar-refractivity contribution is 0.00978. The minimum Gasteiger partial charge on any atom is -0.444 e. The summed E-state index contributed by atoms with van der Waals surface area (Å²) in [6.07, 6.45) is 8.82. The number of rotatable bonds is 16. The molecule has 1 aliphatic carbocycles. The van der Waals surface area contributed by atoms with Crippen LogP contribution in [0, 0.1) is 6.57 Å². The monoisotopic (exact) mass is 936 g/mol. The lowest BCUT2D eigenvalue weighted by atomic mass is 9.94. The number of piperidine rings is 1. The second-order valence-corrected chi connectivity index (χ2v) is 21.0. The maximum Gasteiger partial charge on any atom is 0.410 e. The van der Waals surface area contributed by atoms with Crippen LogP contribution in [0.5, 0.6) is 0 Å². The van der Waals surface area contributed by atoms with Gasteiger partial charge >= 0.3 is 18.3 Å². The van der Waals surface area contributed by atoms with Gasteiger partial charge in [0, 0.05) is 63.3 Å². The van der Waals surface area contributed by atoms with Crippen LogP contribution < -0.4 is 10.2 Å². The Morgan fingerprint density at radius 3 is 2.07 bits per heavy atom. The predicted octanol–water partition coefficient (Wildman–Crippen LogP) is 10.4. The van der Waals surface area contributed by atoms with E-state index in [1.165, 1.54) is 6.42 Å². The first-order chi connectivity index (χ1) is 32.2. The van der Waals surface area contributed by atoms with Gasteiger partial charge < -0.3 is 39.1 Å². The van der Waals surface area contributed by atoms with E-state index in [0.717, 1.165) is 55.0 Å². The highest BCUT2D eigenvalue weighted by Gasteiger charge is 2.31. The van der Waals surface area contributed by atoms with Crippen molar-refractivity contribution in [1.82, 2.24) is 39.7 Å². The van der Waals surface area contributed by atoms with E-state index in [2.05, 4.69) is 25.4 Å². The minimum absolute atomic E-state index is 0.0779. The normalized spacial score (nSPS) is 15.1. The Morgan fingerprint density at radius 2 is 1.41 bits per heavy atom. The van der Waals surface area contributed by atoms with Crippen LogP contribution in [0.25, 0.3) is 15.7 Å². The Bertz CT molecular complexity index is 2330. The number of nitrogens with one attached hydrogen (secondary N) is 1. The number of fused-ring (bicyclic) bond motifs is 1. The quantitative estimate of drug-likeness (QED) is 0.0836. The van der Waals surface area contributed by atoms with Crippen molar-refractivity contribution in [1.29, 1.82) is 0 Å². The van der Waals surface area contributed by atoms with Crippen LogP contribution in [0.1, 0.15) is 131 Å². The molecule has 2 aromatic carbocycles. The fourth-order valence-corrected chi connectivity index (χ4v) is 8.46. The first-order valence-corrected chi connectivity index (χ1v) is 24.3. The molecule has 0 bridgehead atoms. The molecule has 2 fully saturated rings. The van der Waals surface area contributed by atoms with Gasteiger partial charge in [-0.15, -0.1) is 5.10 Å². The van der Waals surface area contributed by atoms with Crippen molar-refractivity contribution in [2.24, 2.45) is 0 Å². The molecule has 1 aliphatic heterocycles. The van der Waals surface area contributed by atoms with E-state index in [-0.39, 0.29) is 24.3 Å². The summed E-state index contributed by atoms with van der Waals surface area (Å²) in [5.74, 6) is 1.21. The van der Waals surface area contributed by atoms with Gasteiger partial charge in [-0.3, -0.25) is 4.68 Å². The van der Waals surface area contributed by atoms with Crippen molar-refractivity contribution in [3.63, 3.8) is 0 Å². The topological polar surface area (TPSA) is 165 Å². The Balaban J connectivity index is 1.15. The summed E-state index contributed by atoms with van der Waals surface area (Å²) in [4.78, 5) is 60.9. The number of carbonyl (C=O) groups excluding carboxylic acids is 3. The third kappa shape index (κ3) is 15.7. The molecule has 3 heterocycles. The summed E-state index contributed by atoms with van der Waals surface area (Å²) < 4.78 is 19.1. The molecule has 1 N–H and O–H groups in total. The summed E-state index contributed by atoms with van der Waals surface area (Å²) >= 11 is 0. The number of likely N-dealkylation sites (tertiary alicyclic amines) is 1. The van der Waals surface area contributed by atoms with Crippen molar-refractivity contribution in [3.8, 4) is 0 Å². The van der Waals surface area contributed by atoms with Gasteiger partial charge in [-0.1, -0.05) is 60.9 Å². The number of amides is 3. The molecule has 0 atom stereocenters. The predicted molar refractivity (Wildman–Crippen MR) is 263 cm³/mol. The molecular weight excluding hydrogens is 863 g/mol. The lowest BCUT2D eigenvalue weighted by Crippen LogP contribution is -2.46. The maximum absolute atomic E-state index is 13.6. The average molecular weight is 936 g/mol. The van der Waals surface area contributed by atoms with Gasteiger partial charge in [-0.2, -0.15) is 4.98 Å². The van der Waals surface area contributed by atoms with Crippen molar-refractivity contribution in [2.45, 2.75) is 169 Å². The van der Waals surface area contributed by atoms with E-state index in [9.17, 15) is 14.4 Å². The van der Waals surface area contributed by atoms with Gasteiger partial charge in [0.1, 0.15) is 28.3 Å². The number of benzene rings is 2. The average Bonchev–Trinajstić information content (AvgIpc) is 3.72. The molecule has 17 nitrogen and oxygen atoms in total. The fraction of sp³-hybridized carbons (Fsp3) is 0.608. The number of para-hydroxylation sites is 1. The first-order valence-electron chi connectivity index (χ1n) is 24.3. The van der Waals surface area contributed by atoms with Crippen molar-refractivity contribution in [3.05, 3.63) is 77.4 Å². The van der Waals surface area contributed by atoms with Crippen LogP contribution in [-0.4, -0.2) is 120 Å². The zero-order chi connectivity index (χ0) is 49.1. The maximum atomic E-state index is 13.6. The standard InChI is InChI=1S/C51H73N11O6/c1-49(2,3)66-46(63)58(29-17-31-62(41-18-12-11-13-19-41)48(65)68-51(7,8)9)28-16-30-61-36-40(56-57-61)35-60(34-37-22-24-38(52-10)25-23-37)45-54-43-21-15-14-20-42(43)44(55-45)53-39-26-32-59(33-27-39)47(64)67-50(4,5)6/h14-15,20-25,36,39,41H,11-13,16-19,26-35H2,1-9H3,(H,53,54,55). The minimum atomic E-state index is -0.668. The van der Waals surface area contributed by atoms with Crippen LogP contribution in [0.2, 0.25) is 0 Å². The van der Waals surface area contributed by atoms with Gasteiger partial charge in [-0.25, -0.2) is 24.2 Å². The molecule has 68 heavy (non-hydrogen) atoms. The number of aromatic nitrogens is 5. The van der Waals surface area contributed by atoms with Gasteiger partial charge in [0.05, 0.1) is 24.8 Å². The molecule has 0 unspecified atom stereocenters. The Kier molecular flexibility index (Phi) is 17.1. The molecule has 1 saturated carbocycles. The fourth-order valence-electron chi connectivity index (χ4n) is 8.46. The van der Waals surface area contributed by atoms with Crippen LogP contribution in [0.15, 0.2) is 54.7 Å². The molecule has 368 valence electrons. The van der Waals surface area contributed by atoms with Crippen molar-refractivity contribution < 1.29 is 28.6 Å². The Labute approximate surface area is 402 Å². The van der Waals surface area contributed by atoms with Crippen LogP contribution in [0.3, 0.4) is 0 Å². The van der Waals surface area contributed by atoms with Gasteiger partial charge in [0.15, 0.2) is 5.69 Å².